The fourth-order valence-electron chi connectivity index (χ4n) is 0.980. The van der Waals surface area contributed by atoms with Gasteiger partial charge in [-0.05, 0) is 18.6 Å². The number of alkyl halides is 1. The predicted molar refractivity (Wildman–Crippen MR) is 55.4 cm³/mol. The number of nitrogens with two attached hydrogens (primary N) is 1. The third-order valence-electron chi connectivity index (χ3n) is 1.71. The molecule has 1 atom stereocenters. The first-order valence-electron chi connectivity index (χ1n) is 4.07. The minimum absolute atomic E-state index is 0.506. The summed E-state index contributed by atoms with van der Waals surface area (Å²) in [6, 6.07) is 3.72. The highest BCUT2D eigenvalue weighted by Gasteiger charge is 2.03. The van der Waals surface area contributed by atoms with E-state index in [2.05, 4.69) is 27.8 Å². The van der Waals surface area contributed by atoms with E-state index in [9.17, 15) is 0 Å². The molecular formula is C9H13BrN2. The second-order valence-corrected chi connectivity index (χ2v) is 4.09. The Labute approximate surface area is 81.3 Å². The van der Waals surface area contributed by atoms with E-state index in [0.717, 1.165) is 24.2 Å². The van der Waals surface area contributed by atoms with Crippen molar-refractivity contribution in [3.05, 3.63) is 24.0 Å². The Balaban J connectivity index is 2.63. The average Bonchev–Trinajstić information content (AvgIpc) is 2.04. The lowest BCUT2D eigenvalue weighted by atomic mass is 10.2. The zero-order valence-corrected chi connectivity index (χ0v) is 8.71. The highest BCUT2D eigenvalue weighted by Crippen LogP contribution is 2.12. The molecule has 0 aliphatic rings. The number of nitrogen functional groups attached to an aromatic ring is 1. The summed E-state index contributed by atoms with van der Waals surface area (Å²) in [6.45, 7) is 2.14. The number of pyridine rings is 1. The fraction of sp³-hybridized carbons (Fsp3) is 0.444. The summed E-state index contributed by atoms with van der Waals surface area (Å²) in [5, 5.41) is 0. The predicted octanol–water partition coefficient (Wildman–Crippen LogP) is 2.38. The van der Waals surface area contributed by atoms with Crippen LogP contribution in [0.5, 0.6) is 0 Å². The number of halogens is 1. The SMILES string of the molecule is CCC(Br)Cc1cc(N)ccn1. The lowest BCUT2D eigenvalue weighted by molar-refractivity contribution is 0.809. The number of hydrogen-bond acceptors (Lipinski definition) is 2. The maximum atomic E-state index is 5.62. The summed E-state index contributed by atoms with van der Waals surface area (Å²) < 4.78 is 0. The van der Waals surface area contributed by atoms with E-state index in [1.54, 1.807) is 12.3 Å². The molecule has 0 aromatic carbocycles. The molecular weight excluding hydrogens is 216 g/mol. The number of anilines is 1. The molecule has 2 N–H and O–H groups in total. The van der Waals surface area contributed by atoms with Gasteiger partial charge in [0.1, 0.15) is 0 Å². The monoisotopic (exact) mass is 228 g/mol. The summed E-state index contributed by atoms with van der Waals surface area (Å²) in [4.78, 5) is 4.72. The molecule has 0 aliphatic heterocycles. The van der Waals surface area contributed by atoms with Gasteiger partial charge in [-0.2, -0.15) is 0 Å². The summed E-state index contributed by atoms with van der Waals surface area (Å²) in [7, 11) is 0. The lowest BCUT2D eigenvalue weighted by Crippen LogP contribution is -2.02. The number of rotatable bonds is 3. The van der Waals surface area contributed by atoms with Crippen LogP contribution < -0.4 is 5.73 Å². The zero-order chi connectivity index (χ0) is 8.97. The molecule has 0 fully saturated rings. The quantitative estimate of drug-likeness (QED) is 0.808. The largest absolute Gasteiger partial charge is 0.399 e. The van der Waals surface area contributed by atoms with Crippen LogP contribution in [0.15, 0.2) is 18.3 Å². The fourth-order valence-corrected chi connectivity index (χ4v) is 1.31. The second kappa shape index (κ2) is 4.45. The highest BCUT2D eigenvalue weighted by atomic mass is 79.9. The van der Waals surface area contributed by atoms with Gasteiger partial charge in [-0.25, -0.2) is 0 Å². The van der Waals surface area contributed by atoms with Crippen molar-refractivity contribution in [2.45, 2.75) is 24.6 Å². The van der Waals surface area contributed by atoms with Gasteiger partial charge < -0.3 is 5.73 Å². The Morgan fingerprint density at radius 1 is 1.67 bits per heavy atom. The first-order chi connectivity index (χ1) is 5.72. The van der Waals surface area contributed by atoms with Crippen molar-refractivity contribution < 1.29 is 0 Å². The van der Waals surface area contributed by atoms with E-state index < -0.39 is 0 Å². The topological polar surface area (TPSA) is 38.9 Å². The molecule has 12 heavy (non-hydrogen) atoms. The van der Waals surface area contributed by atoms with Gasteiger partial charge in [-0.3, -0.25) is 4.98 Å². The van der Waals surface area contributed by atoms with Crippen molar-refractivity contribution in [3.63, 3.8) is 0 Å². The van der Waals surface area contributed by atoms with Crippen LogP contribution in [0.2, 0.25) is 0 Å². The molecule has 0 aliphatic carbocycles. The van der Waals surface area contributed by atoms with E-state index in [1.165, 1.54) is 0 Å². The van der Waals surface area contributed by atoms with E-state index >= 15 is 0 Å². The molecule has 0 spiro atoms. The number of nitrogens with zero attached hydrogens (tertiary/aromatic N) is 1. The average molecular weight is 229 g/mol. The van der Waals surface area contributed by atoms with E-state index in [1.807, 2.05) is 6.07 Å². The lowest BCUT2D eigenvalue weighted by Gasteiger charge is -2.05. The van der Waals surface area contributed by atoms with Gasteiger partial charge >= 0.3 is 0 Å². The molecule has 0 saturated carbocycles. The van der Waals surface area contributed by atoms with Gasteiger partial charge in [0.25, 0.3) is 0 Å². The first kappa shape index (κ1) is 9.52. The molecule has 1 aromatic heterocycles. The first-order valence-corrected chi connectivity index (χ1v) is 4.98. The molecule has 0 saturated heterocycles. The van der Waals surface area contributed by atoms with Gasteiger partial charge in [0.05, 0.1) is 0 Å². The van der Waals surface area contributed by atoms with E-state index in [4.69, 9.17) is 5.73 Å². The molecule has 1 heterocycles. The highest BCUT2D eigenvalue weighted by molar-refractivity contribution is 9.09. The number of hydrogen-bond donors (Lipinski definition) is 1. The van der Waals surface area contributed by atoms with Crippen molar-refractivity contribution in [1.82, 2.24) is 4.98 Å². The Hall–Kier alpha value is -0.570. The molecule has 66 valence electrons. The summed E-state index contributed by atoms with van der Waals surface area (Å²) in [5.74, 6) is 0. The zero-order valence-electron chi connectivity index (χ0n) is 7.13. The Bertz CT molecular complexity index is 250. The molecule has 3 heteroatoms. The maximum absolute atomic E-state index is 5.62. The van der Waals surface area contributed by atoms with Gasteiger partial charge in [0.2, 0.25) is 0 Å². The van der Waals surface area contributed by atoms with Crippen LogP contribution >= 0.6 is 15.9 Å². The number of aromatic nitrogens is 1. The normalized spacial score (nSPS) is 12.8. The third kappa shape index (κ3) is 2.81. The molecule has 1 rings (SSSR count). The minimum Gasteiger partial charge on any atom is -0.399 e. The van der Waals surface area contributed by atoms with Gasteiger partial charge in [0.15, 0.2) is 0 Å². The van der Waals surface area contributed by atoms with Gasteiger partial charge in [0, 0.05) is 28.8 Å². The van der Waals surface area contributed by atoms with Crippen LogP contribution in [-0.4, -0.2) is 9.81 Å². The summed E-state index contributed by atoms with van der Waals surface area (Å²) in [6.07, 6.45) is 3.80. The van der Waals surface area contributed by atoms with E-state index in [-0.39, 0.29) is 0 Å². The molecule has 2 nitrogen and oxygen atoms in total. The Morgan fingerprint density at radius 3 is 3.00 bits per heavy atom. The van der Waals surface area contributed by atoms with Crippen LogP contribution in [0.4, 0.5) is 5.69 Å². The van der Waals surface area contributed by atoms with Gasteiger partial charge in [-0.15, -0.1) is 0 Å². The second-order valence-electron chi connectivity index (χ2n) is 2.79. The van der Waals surface area contributed by atoms with Crippen molar-refractivity contribution in [3.8, 4) is 0 Å². The van der Waals surface area contributed by atoms with Crippen molar-refractivity contribution in [2.75, 3.05) is 5.73 Å². The van der Waals surface area contributed by atoms with E-state index in [0.29, 0.717) is 4.83 Å². The standard InChI is InChI=1S/C9H13BrN2/c1-2-7(10)5-9-6-8(11)3-4-12-9/h3-4,6-7H,2,5H2,1H3,(H2,11,12). The van der Waals surface area contributed by atoms with Crippen LogP contribution in [0.3, 0.4) is 0 Å². The minimum atomic E-state index is 0.506. The molecule has 1 aromatic rings. The Morgan fingerprint density at radius 2 is 2.42 bits per heavy atom. The smallest absolute Gasteiger partial charge is 0.0435 e. The van der Waals surface area contributed by atoms with Crippen molar-refractivity contribution in [2.24, 2.45) is 0 Å². The van der Waals surface area contributed by atoms with Crippen LogP contribution in [0.25, 0.3) is 0 Å². The molecule has 1 unspecified atom stereocenters. The molecule has 0 radical (unpaired) electrons. The summed E-state index contributed by atoms with van der Waals surface area (Å²) >= 11 is 3.56. The van der Waals surface area contributed by atoms with Crippen LogP contribution in [0.1, 0.15) is 19.0 Å². The van der Waals surface area contributed by atoms with Crippen molar-refractivity contribution in [1.29, 1.82) is 0 Å². The summed E-state index contributed by atoms with van der Waals surface area (Å²) in [5.41, 5.74) is 7.46. The molecule has 0 amide bonds. The van der Waals surface area contributed by atoms with Crippen molar-refractivity contribution >= 4 is 21.6 Å². The maximum Gasteiger partial charge on any atom is 0.0435 e. The van der Waals surface area contributed by atoms with Crippen LogP contribution in [0, 0.1) is 0 Å². The molecule has 0 bridgehead atoms. The third-order valence-corrected chi connectivity index (χ3v) is 2.69. The van der Waals surface area contributed by atoms with Crippen LogP contribution in [-0.2, 0) is 6.42 Å². The Kier molecular flexibility index (Phi) is 3.53. The van der Waals surface area contributed by atoms with Gasteiger partial charge in [-0.1, -0.05) is 22.9 Å².